The van der Waals surface area contributed by atoms with Crippen molar-refractivity contribution in [3.8, 4) is 0 Å². The van der Waals surface area contributed by atoms with Crippen molar-refractivity contribution in [2.24, 2.45) is 5.92 Å². The fraction of sp³-hybridized carbons (Fsp3) is 0.235. The number of hydrogen-bond donors (Lipinski definition) is 1. The third kappa shape index (κ3) is 2.82. The van der Waals surface area contributed by atoms with Crippen LogP contribution in [0.3, 0.4) is 0 Å². The van der Waals surface area contributed by atoms with Gasteiger partial charge < -0.3 is 10.1 Å². The van der Waals surface area contributed by atoms with Crippen LogP contribution in [0.25, 0.3) is 0 Å². The molecule has 0 aromatic heterocycles. The maximum absolute atomic E-state index is 12.1. The molecule has 0 fully saturated rings. The molecule has 20 heavy (non-hydrogen) atoms. The largest absolute Gasteiger partial charge is 0.461 e. The van der Waals surface area contributed by atoms with E-state index in [0.29, 0.717) is 13.2 Å². The van der Waals surface area contributed by atoms with Gasteiger partial charge >= 0.3 is 5.97 Å². The molecule has 0 saturated carbocycles. The molecule has 1 N–H and O–H groups in total. The second-order valence-corrected chi connectivity index (χ2v) is 5.03. The molecule has 2 aromatic rings. The first-order chi connectivity index (χ1) is 9.83. The number of benzene rings is 2. The van der Waals surface area contributed by atoms with E-state index in [-0.39, 0.29) is 11.9 Å². The van der Waals surface area contributed by atoms with Crippen molar-refractivity contribution in [3.63, 3.8) is 0 Å². The summed E-state index contributed by atoms with van der Waals surface area (Å²) < 4.78 is 5.40. The minimum atomic E-state index is -0.129. The van der Waals surface area contributed by atoms with Crippen LogP contribution in [0.15, 0.2) is 54.6 Å². The molecule has 0 bridgehead atoms. The summed E-state index contributed by atoms with van der Waals surface area (Å²) >= 11 is 0. The Morgan fingerprint density at radius 1 is 1.10 bits per heavy atom. The summed E-state index contributed by atoms with van der Waals surface area (Å²) in [5, 5.41) is 3.29. The Balaban J connectivity index is 1.59. The molecule has 1 heterocycles. The van der Waals surface area contributed by atoms with Gasteiger partial charge in [0.15, 0.2) is 0 Å². The molecule has 0 spiro atoms. The molecule has 3 heteroatoms. The molecule has 0 amide bonds. The van der Waals surface area contributed by atoms with Gasteiger partial charge in [-0.05, 0) is 23.6 Å². The lowest BCUT2D eigenvalue weighted by molar-refractivity contribution is -0.149. The molecule has 3 nitrogen and oxygen atoms in total. The Labute approximate surface area is 118 Å². The monoisotopic (exact) mass is 267 g/mol. The highest BCUT2D eigenvalue weighted by Crippen LogP contribution is 2.25. The maximum atomic E-state index is 12.1. The zero-order valence-corrected chi connectivity index (χ0v) is 11.2. The smallest absolute Gasteiger partial charge is 0.311 e. The van der Waals surface area contributed by atoms with E-state index in [9.17, 15) is 4.79 Å². The van der Waals surface area contributed by atoms with Crippen LogP contribution in [0.1, 0.15) is 11.1 Å². The molecule has 3 rings (SSSR count). The number of hydrogen-bond acceptors (Lipinski definition) is 3. The summed E-state index contributed by atoms with van der Waals surface area (Å²) in [4.78, 5) is 12.1. The number of ether oxygens (including phenoxy) is 1. The van der Waals surface area contributed by atoms with E-state index in [2.05, 4.69) is 11.4 Å². The number of rotatable bonds is 3. The molecular weight excluding hydrogens is 250 g/mol. The van der Waals surface area contributed by atoms with Gasteiger partial charge in [-0.2, -0.15) is 0 Å². The van der Waals surface area contributed by atoms with Crippen molar-refractivity contribution in [2.75, 3.05) is 11.9 Å². The van der Waals surface area contributed by atoms with Gasteiger partial charge in [0.2, 0.25) is 0 Å². The summed E-state index contributed by atoms with van der Waals surface area (Å²) in [7, 11) is 0. The first-order valence-corrected chi connectivity index (χ1v) is 6.85. The van der Waals surface area contributed by atoms with Crippen molar-refractivity contribution in [1.29, 1.82) is 0 Å². The van der Waals surface area contributed by atoms with Gasteiger partial charge in [-0.25, -0.2) is 0 Å². The molecule has 102 valence electrons. The number of nitrogens with one attached hydrogen (secondary N) is 1. The third-order valence-electron chi connectivity index (χ3n) is 3.58. The Hall–Kier alpha value is -2.29. The molecular formula is C17H17NO2. The zero-order valence-electron chi connectivity index (χ0n) is 11.2. The van der Waals surface area contributed by atoms with E-state index >= 15 is 0 Å². The predicted octanol–water partition coefficient (Wildman–Crippen LogP) is 3.01. The SMILES string of the molecule is O=C(OCc1ccccc1)[C@H]1CNc2ccccc2C1. The quantitative estimate of drug-likeness (QED) is 0.869. The fourth-order valence-corrected chi connectivity index (χ4v) is 2.45. The van der Waals surface area contributed by atoms with Gasteiger partial charge in [0, 0.05) is 12.2 Å². The van der Waals surface area contributed by atoms with Crippen molar-refractivity contribution in [2.45, 2.75) is 13.0 Å². The topological polar surface area (TPSA) is 38.3 Å². The molecule has 0 aliphatic carbocycles. The van der Waals surface area contributed by atoms with Crippen LogP contribution in [0, 0.1) is 5.92 Å². The number of esters is 1. The van der Waals surface area contributed by atoms with Crippen LogP contribution in [0.2, 0.25) is 0 Å². The van der Waals surface area contributed by atoms with Crippen LogP contribution in [0.4, 0.5) is 5.69 Å². The second-order valence-electron chi connectivity index (χ2n) is 5.03. The van der Waals surface area contributed by atoms with Crippen molar-refractivity contribution in [1.82, 2.24) is 0 Å². The van der Waals surface area contributed by atoms with Gasteiger partial charge in [-0.1, -0.05) is 48.5 Å². The van der Waals surface area contributed by atoms with Gasteiger partial charge in [0.1, 0.15) is 6.61 Å². The molecule has 1 aliphatic rings. The number of para-hydroxylation sites is 1. The summed E-state index contributed by atoms with van der Waals surface area (Å²) in [5.74, 6) is -0.232. The van der Waals surface area contributed by atoms with Gasteiger partial charge in [-0.15, -0.1) is 0 Å². The van der Waals surface area contributed by atoms with Crippen LogP contribution in [-0.4, -0.2) is 12.5 Å². The minimum Gasteiger partial charge on any atom is -0.461 e. The van der Waals surface area contributed by atoms with Crippen LogP contribution < -0.4 is 5.32 Å². The standard InChI is InChI=1S/C17H17NO2/c19-17(20-12-13-6-2-1-3-7-13)15-10-14-8-4-5-9-16(14)18-11-15/h1-9,15,18H,10-12H2/t15-/m1/s1. The van der Waals surface area contributed by atoms with E-state index in [1.165, 1.54) is 5.56 Å². The molecule has 0 saturated heterocycles. The molecule has 1 atom stereocenters. The Kier molecular flexibility index (Phi) is 3.68. The number of carbonyl (C=O) groups is 1. The first kappa shape index (κ1) is 12.7. The zero-order chi connectivity index (χ0) is 13.8. The molecule has 2 aromatic carbocycles. The molecule has 0 radical (unpaired) electrons. The predicted molar refractivity (Wildman–Crippen MR) is 78.4 cm³/mol. The average molecular weight is 267 g/mol. The minimum absolute atomic E-state index is 0.103. The third-order valence-corrected chi connectivity index (χ3v) is 3.58. The number of fused-ring (bicyclic) bond motifs is 1. The van der Waals surface area contributed by atoms with Crippen LogP contribution in [-0.2, 0) is 22.6 Å². The lowest BCUT2D eigenvalue weighted by Gasteiger charge is -2.24. The summed E-state index contributed by atoms with van der Waals surface area (Å²) in [6.45, 7) is 0.989. The lowest BCUT2D eigenvalue weighted by Crippen LogP contribution is -2.31. The molecule has 0 unspecified atom stereocenters. The second kappa shape index (κ2) is 5.78. The molecule has 1 aliphatic heterocycles. The highest BCUT2D eigenvalue weighted by atomic mass is 16.5. The maximum Gasteiger partial charge on any atom is 0.311 e. The van der Waals surface area contributed by atoms with Crippen molar-refractivity contribution >= 4 is 11.7 Å². The first-order valence-electron chi connectivity index (χ1n) is 6.85. The van der Waals surface area contributed by atoms with Gasteiger partial charge in [0.05, 0.1) is 5.92 Å². The number of anilines is 1. The average Bonchev–Trinajstić information content (AvgIpc) is 2.53. The number of carbonyl (C=O) groups excluding carboxylic acids is 1. The summed E-state index contributed by atoms with van der Waals surface area (Å²) in [6.07, 6.45) is 0.747. The van der Waals surface area contributed by atoms with E-state index in [4.69, 9.17) is 4.74 Å². The van der Waals surface area contributed by atoms with Crippen LogP contribution >= 0.6 is 0 Å². The van der Waals surface area contributed by atoms with E-state index < -0.39 is 0 Å². The van der Waals surface area contributed by atoms with Crippen molar-refractivity contribution in [3.05, 3.63) is 65.7 Å². The Bertz CT molecular complexity index is 595. The highest BCUT2D eigenvalue weighted by Gasteiger charge is 2.25. The van der Waals surface area contributed by atoms with E-state index in [1.807, 2.05) is 48.5 Å². The van der Waals surface area contributed by atoms with Crippen molar-refractivity contribution < 1.29 is 9.53 Å². The van der Waals surface area contributed by atoms with Gasteiger partial charge in [-0.3, -0.25) is 4.79 Å². The lowest BCUT2D eigenvalue weighted by atomic mass is 9.94. The van der Waals surface area contributed by atoms with E-state index in [1.54, 1.807) is 0 Å². The fourth-order valence-electron chi connectivity index (χ4n) is 2.45. The summed E-state index contributed by atoms with van der Waals surface area (Å²) in [5.41, 5.74) is 3.32. The van der Waals surface area contributed by atoms with Gasteiger partial charge in [0.25, 0.3) is 0 Å². The summed E-state index contributed by atoms with van der Waals surface area (Å²) in [6, 6.07) is 17.9. The van der Waals surface area contributed by atoms with E-state index in [0.717, 1.165) is 17.7 Å². The van der Waals surface area contributed by atoms with Crippen LogP contribution in [0.5, 0.6) is 0 Å². The Morgan fingerprint density at radius 3 is 2.70 bits per heavy atom. The normalized spacial score (nSPS) is 16.9. The Morgan fingerprint density at radius 2 is 1.85 bits per heavy atom. The highest BCUT2D eigenvalue weighted by molar-refractivity contribution is 5.75.